The summed E-state index contributed by atoms with van der Waals surface area (Å²) in [7, 11) is 3.88. The van der Waals surface area contributed by atoms with Gasteiger partial charge in [-0.3, -0.25) is 14.5 Å². The first-order valence-corrected chi connectivity index (χ1v) is 10.1. The Morgan fingerprint density at radius 3 is 2.40 bits per heavy atom. The van der Waals surface area contributed by atoms with E-state index in [1.54, 1.807) is 48.5 Å². The van der Waals surface area contributed by atoms with Crippen LogP contribution in [-0.2, 0) is 11.3 Å². The summed E-state index contributed by atoms with van der Waals surface area (Å²) in [5.41, 5.74) is 2.15. The van der Waals surface area contributed by atoms with Crippen molar-refractivity contribution >= 4 is 29.4 Å². The predicted molar refractivity (Wildman–Crippen MR) is 115 cm³/mol. The number of likely N-dealkylation sites (N-methyl/N-ethyl adjacent to an activating group) is 1. The SMILES string of the molecule is CN(C)CCNC(=O)c1ccc(CN2C(=O)CC(c3ccc(Cl)cc3)NC2=O)cc1. The van der Waals surface area contributed by atoms with Crippen LogP contribution in [0.4, 0.5) is 4.79 Å². The third-order valence-electron chi connectivity index (χ3n) is 4.90. The molecule has 0 aliphatic carbocycles. The first-order valence-electron chi connectivity index (χ1n) is 9.71. The standard InChI is InChI=1S/C22H25ClN4O3/c1-26(2)12-11-24-21(29)17-5-3-15(4-6-17)14-27-20(28)13-19(25-22(27)30)16-7-9-18(23)10-8-16/h3-10,19H,11-14H2,1-2H3,(H,24,29)(H,25,30). The average Bonchev–Trinajstić information content (AvgIpc) is 2.71. The van der Waals surface area contributed by atoms with Gasteiger partial charge in [0.1, 0.15) is 0 Å². The van der Waals surface area contributed by atoms with Crippen LogP contribution in [0.15, 0.2) is 48.5 Å². The van der Waals surface area contributed by atoms with Crippen molar-refractivity contribution in [3.63, 3.8) is 0 Å². The van der Waals surface area contributed by atoms with Crippen LogP contribution in [-0.4, -0.2) is 54.8 Å². The number of carbonyl (C=O) groups is 3. The molecule has 1 aliphatic heterocycles. The first-order chi connectivity index (χ1) is 14.3. The number of amides is 4. The van der Waals surface area contributed by atoms with Gasteiger partial charge in [-0.25, -0.2) is 4.79 Å². The summed E-state index contributed by atoms with van der Waals surface area (Å²) in [5.74, 6) is -0.398. The molecule has 2 N–H and O–H groups in total. The molecule has 7 nitrogen and oxygen atoms in total. The lowest BCUT2D eigenvalue weighted by Gasteiger charge is -2.31. The highest BCUT2D eigenvalue weighted by Crippen LogP contribution is 2.24. The zero-order chi connectivity index (χ0) is 21.7. The zero-order valence-corrected chi connectivity index (χ0v) is 17.8. The Morgan fingerprint density at radius 1 is 1.13 bits per heavy atom. The van der Waals surface area contributed by atoms with Crippen molar-refractivity contribution in [1.82, 2.24) is 20.4 Å². The molecule has 1 saturated heterocycles. The Kier molecular flexibility index (Phi) is 7.07. The molecule has 1 heterocycles. The number of carbonyl (C=O) groups excluding carboxylic acids is 3. The Balaban J connectivity index is 1.58. The number of hydrogen-bond acceptors (Lipinski definition) is 4. The molecule has 8 heteroatoms. The highest BCUT2D eigenvalue weighted by Gasteiger charge is 2.32. The molecule has 0 saturated carbocycles. The molecule has 2 aromatic carbocycles. The molecule has 0 radical (unpaired) electrons. The number of halogens is 1. The number of benzene rings is 2. The fourth-order valence-corrected chi connectivity index (χ4v) is 3.30. The van der Waals surface area contributed by atoms with Crippen molar-refractivity contribution in [3.8, 4) is 0 Å². The van der Waals surface area contributed by atoms with Crippen molar-refractivity contribution in [2.24, 2.45) is 0 Å². The predicted octanol–water partition coefficient (Wildman–Crippen LogP) is 2.81. The Hall–Kier alpha value is -2.90. The van der Waals surface area contributed by atoms with Crippen molar-refractivity contribution < 1.29 is 14.4 Å². The van der Waals surface area contributed by atoms with Gasteiger partial charge in [0.25, 0.3) is 5.91 Å². The molecule has 0 spiro atoms. The van der Waals surface area contributed by atoms with E-state index in [0.29, 0.717) is 17.1 Å². The van der Waals surface area contributed by atoms with E-state index in [-0.39, 0.29) is 30.8 Å². The van der Waals surface area contributed by atoms with Crippen LogP contribution in [0.3, 0.4) is 0 Å². The fourth-order valence-electron chi connectivity index (χ4n) is 3.17. The van der Waals surface area contributed by atoms with Gasteiger partial charge < -0.3 is 15.5 Å². The van der Waals surface area contributed by atoms with Gasteiger partial charge in [-0.1, -0.05) is 35.9 Å². The Bertz CT molecular complexity index is 895. The van der Waals surface area contributed by atoms with Crippen LogP contribution in [0.5, 0.6) is 0 Å². The maximum absolute atomic E-state index is 12.6. The molecule has 1 aliphatic rings. The van der Waals surface area contributed by atoms with Crippen LogP contribution < -0.4 is 10.6 Å². The molecule has 1 fully saturated rings. The normalized spacial score (nSPS) is 16.5. The molecule has 3 rings (SSSR count). The lowest BCUT2D eigenvalue weighted by atomic mass is 10.0. The third kappa shape index (κ3) is 5.58. The largest absolute Gasteiger partial charge is 0.351 e. The zero-order valence-electron chi connectivity index (χ0n) is 17.0. The van der Waals surface area contributed by atoms with Crippen LogP contribution in [0, 0.1) is 0 Å². The molecule has 0 aromatic heterocycles. The van der Waals surface area contributed by atoms with Crippen LogP contribution in [0.2, 0.25) is 5.02 Å². The maximum atomic E-state index is 12.6. The van der Waals surface area contributed by atoms with E-state index in [0.717, 1.165) is 17.7 Å². The highest BCUT2D eigenvalue weighted by molar-refractivity contribution is 6.30. The molecule has 2 aromatic rings. The van der Waals surface area contributed by atoms with Gasteiger partial charge in [0.15, 0.2) is 0 Å². The monoisotopic (exact) mass is 428 g/mol. The lowest BCUT2D eigenvalue weighted by Crippen LogP contribution is -2.50. The minimum Gasteiger partial charge on any atom is -0.351 e. The van der Waals surface area contributed by atoms with Crippen molar-refractivity contribution in [2.45, 2.75) is 19.0 Å². The van der Waals surface area contributed by atoms with Gasteiger partial charge in [-0.05, 0) is 49.5 Å². The smallest absolute Gasteiger partial charge is 0.324 e. The van der Waals surface area contributed by atoms with Crippen LogP contribution >= 0.6 is 11.6 Å². The Labute approximate surface area is 181 Å². The number of nitrogens with one attached hydrogen (secondary N) is 2. The minimum absolute atomic E-state index is 0.152. The summed E-state index contributed by atoms with van der Waals surface area (Å²) in [6.07, 6.45) is 0.180. The molecule has 1 unspecified atom stereocenters. The number of nitrogens with zero attached hydrogens (tertiary/aromatic N) is 2. The second-order valence-electron chi connectivity index (χ2n) is 7.49. The molecule has 30 heavy (non-hydrogen) atoms. The van der Waals surface area contributed by atoms with Gasteiger partial charge in [-0.15, -0.1) is 0 Å². The fraction of sp³-hybridized carbons (Fsp3) is 0.318. The van der Waals surface area contributed by atoms with E-state index in [1.807, 2.05) is 19.0 Å². The molecular formula is C22H25ClN4O3. The van der Waals surface area contributed by atoms with Crippen molar-refractivity contribution in [1.29, 1.82) is 0 Å². The Morgan fingerprint density at radius 2 is 1.80 bits per heavy atom. The summed E-state index contributed by atoms with van der Waals surface area (Å²) < 4.78 is 0. The molecule has 4 amide bonds. The second kappa shape index (κ2) is 9.73. The van der Waals surface area contributed by atoms with Gasteiger partial charge in [0.2, 0.25) is 5.91 Å². The topological polar surface area (TPSA) is 81.8 Å². The van der Waals surface area contributed by atoms with E-state index in [1.165, 1.54) is 4.90 Å². The summed E-state index contributed by atoms with van der Waals surface area (Å²) in [6, 6.07) is 13.2. The number of rotatable bonds is 7. The summed E-state index contributed by atoms with van der Waals surface area (Å²) in [5, 5.41) is 6.32. The summed E-state index contributed by atoms with van der Waals surface area (Å²) in [6.45, 7) is 1.47. The van der Waals surface area contributed by atoms with E-state index >= 15 is 0 Å². The molecule has 0 bridgehead atoms. The molecule has 1 atom stereocenters. The van der Waals surface area contributed by atoms with E-state index in [2.05, 4.69) is 10.6 Å². The quantitative estimate of drug-likeness (QED) is 0.710. The number of urea groups is 1. The molecular weight excluding hydrogens is 404 g/mol. The highest BCUT2D eigenvalue weighted by atomic mass is 35.5. The molecule has 158 valence electrons. The van der Waals surface area contributed by atoms with Crippen molar-refractivity contribution in [3.05, 3.63) is 70.2 Å². The summed E-state index contributed by atoms with van der Waals surface area (Å²) in [4.78, 5) is 40.4. The van der Waals surface area contributed by atoms with E-state index in [4.69, 9.17) is 11.6 Å². The van der Waals surface area contributed by atoms with Crippen molar-refractivity contribution in [2.75, 3.05) is 27.2 Å². The van der Waals surface area contributed by atoms with Gasteiger partial charge in [-0.2, -0.15) is 0 Å². The minimum atomic E-state index is -0.434. The average molecular weight is 429 g/mol. The van der Waals surface area contributed by atoms with Crippen LogP contribution in [0.25, 0.3) is 0 Å². The number of imide groups is 1. The lowest BCUT2D eigenvalue weighted by molar-refractivity contribution is -0.130. The third-order valence-corrected chi connectivity index (χ3v) is 5.15. The summed E-state index contributed by atoms with van der Waals surface area (Å²) >= 11 is 5.90. The van der Waals surface area contributed by atoms with Gasteiger partial charge >= 0.3 is 6.03 Å². The number of hydrogen-bond donors (Lipinski definition) is 2. The maximum Gasteiger partial charge on any atom is 0.324 e. The van der Waals surface area contributed by atoms with Gasteiger partial charge in [0, 0.05) is 23.7 Å². The van der Waals surface area contributed by atoms with E-state index < -0.39 is 6.03 Å². The second-order valence-corrected chi connectivity index (χ2v) is 7.93. The first kappa shape index (κ1) is 21.8. The van der Waals surface area contributed by atoms with E-state index in [9.17, 15) is 14.4 Å². The van der Waals surface area contributed by atoms with Crippen LogP contribution in [0.1, 0.15) is 33.9 Å². The van der Waals surface area contributed by atoms with Gasteiger partial charge in [0.05, 0.1) is 19.0 Å².